The van der Waals surface area contributed by atoms with Gasteiger partial charge < -0.3 is 11.5 Å². The number of rotatable bonds is 4. The number of hydrogen-bond donors (Lipinski definition) is 2. The number of aromatic nitrogens is 2. The van der Waals surface area contributed by atoms with Crippen molar-refractivity contribution in [3.8, 4) is 16.8 Å². The molecule has 9 heteroatoms. The Kier molecular flexibility index (Phi) is 4.44. The molecule has 1 heterocycles. The summed E-state index contributed by atoms with van der Waals surface area (Å²) in [5.74, 6) is -1.73. The first-order valence-electron chi connectivity index (χ1n) is 7.65. The zero-order chi connectivity index (χ0) is 19.8. The molecule has 0 fully saturated rings. The van der Waals surface area contributed by atoms with E-state index in [2.05, 4.69) is 5.10 Å². The highest BCUT2D eigenvalue weighted by atomic mass is 19.4. The van der Waals surface area contributed by atoms with Gasteiger partial charge in [0.15, 0.2) is 5.69 Å². The predicted octanol–water partition coefficient (Wildman–Crippen LogP) is 2.76. The summed E-state index contributed by atoms with van der Waals surface area (Å²) in [6.45, 7) is 0. The molecule has 4 N–H and O–H groups in total. The van der Waals surface area contributed by atoms with Crippen molar-refractivity contribution in [2.75, 3.05) is 0 Å². The highest BCUT2D eigenvalue weighted by molar-refractivity contribution is 5.97. The molecule has 6 nitrogen and oxygen atoms in total. The molecular weight excluding hydrogens is 361 g/mol. The van der Waals surface area contributed by atoms with Crippen molar-refractivity contribution in [2.24, 2.45) is 11.5 Å². The third-order valence-corrected chi connectivity index (χ3v) is 3.85. The minimum absolute atomic E-state index is 0.0326. The number of hydrogen-bond acceptors (Lipinski definition) is 3. The largest absolute Gasteiger partial charge is 0.417 e. The number of halogens is 3. The van der Waals surface area contributed by atoms with Crippen LogP contribution in [-0.4, -0.2) is 21.6 Å². The summed E-state index contributed by atoms with van der Waals surface area (Å²) in [7, 11) is 0. The Morgan fingerprint density at radius 1 is 0.926 bits per heavy atom. The molecular formula is C18H13F3N4O2. The van der Waals surface area contributed by atoms with Crippen molar-refractivity contribution >= 4 is 11.8 Å². The van der Waals surface area contributed by atoms with Crippen LogP contribution in [-0.2, 0) is 6.18 Å². The van der Waals surface area contributed by atoms with E-state index in [1.165, 1.54) is 42.5 Å². The smallest absolute Gasteiger partial charge is 0.364 e. The van der Waals surface area contributed by atoms with Gasteiger partial charge in [-0.05, 0) is 29.3 Å². The van der Waals surface area contributed by atoms with Gasteiger partial charge in [0.1, 0.15) is 5.69 Å². The van der Waals surface area contributed by atoms with Crippen LogP contribution < -0.4 is 11.5 Å². The van der Waals surface area contributed by atoms with Crippen molar-refractivity contribution in [1.82, 2.24) is 9.78 Å². The first-order chi connectivity index (χ1) is 12.7. The fraction of sp³-hybridized carbons (Fsp3) is 0.0556. The Morgan fingerprint density at radius 2 is 1.63 bits per heavy atom. The normalized spacial score (nSPS) is 11.4. The van der Waals surface area contributed by atoms with E-state index in [1.54, 1.807) is 0 Å². The molecule has 0 radical (unpaired) electrons. The van der Waals surface area contributed by atoms with Crippen LogP contribution in [0, 0.1) is 0 Å². The summed E-state index contributed by atoms with van der Waals surface area (Å²) in [5, 5.41) is 3.93. The van der Waals surface area contributed by atoms with Crippen molar-refractivity contribution in [2.45, 2.75) is 6.18 Å². The lowest BCUT2D eigenvalue weighted by atomic mass is 9.99. The van der Waals surface area contributed by atoms with E-state index in [0.717, 1.165) is 16.8 Å². The number of nitrogens with two attached hydrogens (primary N) is 2. The Bertz CT molecular complexity index is 1040. The molecule has 0 aliphatic heterocycles. The predicted molar refractivity (Wildman–Crippen MR) is 91.0 cm³/mol. The average molecular weight is 374 g/mol. The third kappa shape index (κ3) is 3.52. The standard InChI is InChI=1S/C18H13F3N4O2/c19-18(20,21)13-7-2-1-6-12(13)10-4-3-5-11(8-10)25-15(17(23)27)9-14(24-25)16(22)26/h1-9H,(H2,22,26)(H2,23,27). The summed E-state index contributed by atoms with van der Waals surface area (Å²) < 4.78 is 40.9. The minimum Gasteiger partial charge on any atom is -0.364 e. The molecule has 0 saturated heterocycles. The second-order valence-corrected chi connectivity index (χ2v) is 5.65. The van der Waals surface area contributed by atoms with Gasteiger partial charge in [-0.1, -0.05) is 30.3 Å². The van der Waals surface area contributed by atoms with E-state index in [0.29, 0.717) is 0 Å². The molecule has 0 saturated carbocycles. The highest BCUT2D eigenvalue weighted by Gasteiger charge is 2.33. The van der Waals surface area contributed by atoms with Gasteiger partial charge in [0.25, 0.3) is 11.8 Å². The van der Waals surface area contributed by atoms with Crippen molar-refractivity contribution < 1.29 is 22.8 Å². The fourth-order valence-corrected chi connectivity index (χ4v) is 2.66. The van der Waals surface area contributed by atoms with Gasteiger partial charge >= 0.3 is 6.18 Å². The molecule has 0 unspecified atom stereocenters. The fourth-order valence-electron chi connectivity index (χ4n) is 2.66. The zero-order valence-electron chi connectivity index (χ0n) is 13.7. The number of benzene rings is 2. The molecule has 0 aliphatic rings. The van der Waals surface area contributed by atoms with Crippen LogP contribution in [0.1, 0.15) is 26.5 Å². The number of carbonyl (C=O) groups is 2. The average Bonchev–Trinajstić information content (AvgIpc) is 3.07. The van der Waals surface area contributed by atoms with Crippen LogP contribution >= 0.6 is 0 Å². The SMILES string of the molecule is NC(=O)c1cc(C(N)=O)n(-c2cccc(-c3ccccc3C(F)(F)F)c2)n1. The number of carbonyl (C=O) groups excluding carboxylic acids is 2. The van der Waals surface area contributed by atoms with Crippen LogP contribution in [0.15, 0.2) is 54.6 Å². The van der Waals surface area contributed by atoms with Crippen LogP contribution in [0.4, 0.5) is 13.2 Å². The number of primary amides is 2. The second-order valence-electron chi connectivity index (χ2n) is 5.65. The van der Waals surface area contributed by atoms with Gasteiger partial charge in [0.2, 0.25) is 0 Å². The maximum absolute atomic E-state index is 13.3. The molecule has 2 aromatic carbocycles. The maximum atomic E-state index is 13.3. The lowest BCUT2D eigenvalue weighted by Crippen LogP contribution is -2.16. The number of alkyl halides is 3. The lowest BCUT2D eigenvalue weighted by molar-refractivity contribution is -0.137. The summed E-state index contributed by atoms with van der Waals surface area (Å²) in [5.41, 5.74) is 9.84. The summed E-state index contributed by atoms with van der Waals surface area (Å²) in [6, 6.07) is 12.2. The van der Waals surface area contributed by atoms with E-state index in [4.69, 9.17) is 11.5 Å². The Morgan fingerprint density at radius 3 is 2.26 bits per heavy atom. The molecule has 0 spiro atoms. The van der Waals surface area contributed by atoms with Crippen LogP contribution in [0.25, 0.3) is 16.8 Å². The third-order valence-electron chi connectivity index (χ3n) is 3.85. The van der Waals surface area contributed by atoms with E-state index in [9.17, 15) is 22.8 Å². The molecule has 3 rings (SSSR count). The molecule has 138 valence electrons. The summed E-state index contributed by atoms with van der Waals surface area (Å²) in [6.07, 6.45) is -4.53. The van der Waals surface area contributed by atoms with E-state index in [-0.39, 0.29) is 28.2 Å². The van der Waals surface area contributed by atoms with E-state index < -0.39 is 23.6 Å². The molecule has 27 heavy (non-hydrogen) atoms. The van der Waals surface area contributed by atoms with Gasteiger partial charge in [0.05, 0.1) is 11.3 Å². The quantitative estimate of drug-likeness (QED) is 0.734. The molecule has 0 aliphatic carbocycles. The van der Waals surface area contributed by atoms with E-state index >= 15 is 0 Å². The molecule has 1 aromatic heterocycles. The maximum Gasteiger partial charge on any atom is 0.417 e. The molecule has 0 atom stereocenters. The van der Waals surface area contributed by atoms with Crippen molar-refractivity contribution in [3.63, 3.8) is 0 Å². The van der Waals surface area contributed by atoms with Gasteiger partial charge in [-0.15, -0.1) is 0 Å². The zero-order valence-corrected chi connectivity index (χ0v) is 13.7. The molecule has 0 bridgehead atoms. The summed E-state index contributed by atoms with van der Waals surface area (Å²) in [4.78, 5) is 23.0. The Labute approximate surface area is 151 Å². The Balaban J connectivity index is 2.17. The van der Waals surface area contributed by atoms with E-state index in [1.807, 2.05) is 0 Å². The van der Waals surface area contributed by atoms with Crippen molar-refractivity contribution in [3.05, 3.63) is 71.5 Å². The first-order valence-corrected chi connectivity index (χ1v) is 7.65. The van der Waals surface area contributed by atoms with Crippen LogP contribution in [0.5, 0.6) is 0 Å². The van der Waals surface area contributed by atoms with Gasteiger partial charge in [-0.3, -0.25) is 9.59 Å². The number of amides is 2. The number of nitrogens with zero attached hydrogens (tertiary/aromatic N) is 2. The minimum atomic E-state index is -4.53. The van der Waals surface area contributed by atoms with Crippen LogP contribution in [0.3, 0.4) is 0 Å². The topological polar surface area (TPSA) is 104 Å². The van der Waals surface area contributed by atoms with Gasteiger partial charge in [-0.2, -0.15) is 18.3 Å². The second kappa shape index (κ2) is 6.60. The highest BCUT2D eigenvalue weighted by Crippen LogP contribution is 2.37. The Hall–Kier alpha value is -3.62. The molecule has 3 aromatic rings. The van der Waals surface area contributed by atoms with Crippen LogP contribution in [0.2, 0.25) is 0 Å². The van der Waals surface area contributed by atoms with Crippen molar-refractivity contribution in [1.29, 1.82) is 0 Å². The first kappa shape index (κ1) is 18.2. The summed E-state index contributed by atoms with van der Waals surface area (Å²) >= 11 is 0. The lowest BCUT2D eigenvalue weighted by Gasteiger charge is -2.14. The van der Waals surface area contributed by atoms with Gasteiger partial charge in [-0.25, -0.2) is 4.68 Å². The van der Waals surface area contributed by atoms with Gasteiger partial charge in [0, 0.05) is 6.07 Å². The monoisotopic (exact) mass is 374 g/mol. The molecule has 2 amide bonds.